The second-order valence-electron chi connectivity index (χ2n) is 4.85. The van der Waals surface area contributed by atoms with E-state index in [1.165, 1.54) is 25.6 Å². The number of thiophene rings is 1. The molecule has 0 bridgehead atoms. The van der Waals surface area contributed by atoms with Crippen LogP contribution in [-0.4, -0.2) is 26.2 Å². The summed E-state index contributed by atoms with van der Waals surface area (Å²) in [5, 5.41) is 0. The number of hydrogen-bond acceptors (Lipinski definition) is 5. The molecule has 116 valence electrons. The van der Waals surface area contributed by atoms with Crippen molar-refractivity contribution in [2.45, 2.75) is 18.8 Å². The van der Waals surface area contributed by atoms with Crippen LogP contribution in [0.1, 0.15) is 34.1 Å². The molecule has 1 heterocycles. The molecular formula is C17H18O4S. The number of carbonyl (C=O) groups is 2. The number of benzene rings is 1. The lowest BCUT2D eigenvalue weighted by Gasteiger charge is -2.13. The third kappa shape index (κ3) is 3.36. The largest absolute Gasteiger partial charge is 0.469 e. The zero-order chi connectivity index (χ0) is 16.1. The summed E-state index contributed by atoms with van der Waals surface area (Å²) >= 11 is 1.43. The highest BCUT2D eigenvalue weighted by Crippen LogP contribution is 2.34. The van der Waals surface area contributed by atoms with E-state index in [9.17, 15) is 9.59 Å². The Bertz CT molecular complexity index is 648. The molecule has 0 aliphatic rings. The molecule has 1 aromatic heterocycles. The maximum Gasteiger partial charge on any atom is 0.318 e. The SMILES string of the molecule is COC(=O)C(C)c1ccc(C(C(=O)OC)c2ccccc2)s1. The predicted molar refractivity (Wildman–Crippen MR) is 85.1 cm³/mol. The number of rotatable bonds is 5. The van der Waals surface area contributed by atoms with Crippen molar-refractivity contribution < 1.29 is 19.1 Å². The van der Waals surface area contributed by atoms with Gasteiger partial charge in [0.15, 0.2) is 0 Å². The molecular weight excluding hydrogens is 300 g/mol. The molecule has 0 aliphatic heterocycles. The van der Waals surface area contributed by atoms with Gasteiger partial charge < -0.3 is 9.47 Å². The van der Waals surface area contributed by atoms with Crippen LogP contribution in [0.4, 0.5) is 0 Å². The summed E-state index contributed by atoms with van der Waals surface area (Å²) in [5.74, 6) is -1.43. The van der Waals surface area contributed by atoms with E-state index in [2.05, 4.69) is 0 Å². The van der Waals surface area contributed by atoms with E-state index in [4.69, 9.17) is 9.47 Å². The van der Waals surface area contributed by atoms with E-state index < -0.39 is 5.92 Å². The standard InChI is InChI=1S/C17H18O4S/c1-11(16(18)20-2)13-9-10-14(22-13)15(17(19)21-3)12-7-5-4-6-8-12/h4-11,15H,1-3H3. The quantitative estimate of drug-likeness (QED) is 0.794. The number of methoxy groups -OCH3 is 2. The maximum atomic E-state index is 12.2. The molecule has 4 nitrogen and oxygen atoms in total. The molecule has 0 spiro atoms. The van der Waals surface area contributed by atoms with Gasteiger partial charge >= 0.3 is 11.9 Å². The van der Waals surface area contributed by atoms with Gasteiger partial charge in [-0.1, -0.05) is 30.3 Å². The van der Waals surface area contributed by atoms with Crippen LogP contribution in [0.2, 0.25) is 0 Å². The highest BCUT2D eigenvalue weighted by Gasteiger charge is 2.27. The summed E-state index contributed by atoms with van der Waals surface area (Å²) in [6, 6.07) is 13.2. The Balaban J connectivity index is 2.36. The minimum Gasteiger partial charge on any atom is -0.469 e. The first-order valence-corrected chi connectivity index (χ1v) is 7.70. The van der Waals surface area contributed by atoms with Gasteiger partial charge in [-0.25, -0.2) is 0 Å². The third-order valence-electron chi connectivity index (χ3n) is 3.48. The topological polar surface area (TPSA) is 52.6 Å². The van der Waals surface area contributed by atoms with Crippen LogP contribution in [0.25, 0.3) is 0 Å². The van der Waals surface area contributed by atoms with E-state index >= 15 is 0 Å². The van der Waals surface area contributed by atoms with Gasteiger partial charge in [-0.05, 0) is 24.6 Å². The summed E-state index contributed by atoms with van der Waals surface area (Å²) in [6.07, 6.45) is 0. The molecule has 5 heteroatoms. The minimum atomic E-state index is -0.477. The Morgan fingerprint density at radius 1 is 0.909 bits per heavy atom. The van der Waals surface area contributed by atoms with E-state index in [0.29, 0.717) is 0 Å². The van der Waals surface area contributed by atoms with Crippen LogP contribution < -0.4 is 0 Å². The van der Waals surface area contributed by atoms with Crippen molar-refractivity contribution >= 4 is 23.3 Å². The van der Waals surface area contributed by atoms with Crippen LogP contribution in [0.15, 0.2) is 42.5 Å². The Morgan fingerprint density at radius 3 is 2.09 bits per heavy atom. The van der Waals surface area contributed by atoms with Gasteiger partial charge in [0.1, 0.15) is 5.92 Å². The molecule has 2 unspecified atom stereocenters. The normalized spacial score (nSPS) is 13.2. The van der Waals surface area contributed by atoms with Crippen LogP contribution in [0, 0.1) is 0 Å². The minimum absolute atomic E-state index is 0.289. The molecule has 2 atom stereocenters. The average molecular weight is 318 g/mol. The van der Waals surface area contributed by atoms with Crippen molar-refractivity contribution in [3.05, 3.63) is 57.8 Å². The highest BCUT2D eigenvalue weighted by atomic mass is 32.1. The van der Waals surface area contributed by atoms with E-state index in [1.807, 2.05) is 42.5 Å². The summed E-state index contributed by atoms with van der Waals surface area (Å²) in [5.41, 5.74) is 0.869. The summed E-state index contributed by atoms with van der Waals surface area (Å²) in [7, 11) is 2.75. The lowest BCUT2D eigenvalue weighted by molar-refractivity contribution is -0.142. The molecule has 0 saturated heterocycles. The van der Waals surface area contributed by atoms with Crippen LogP contribution in [0.5, 0.6) is 0 Å². The predicted octanol–water partition coefficient (Wildman–Crippen LogP) is 3.33. The number of ether oxygens (including phenoxy) is 2. The van der Waals surface area contributed by atoms with Gasteiger partial charge in [-0.3, -0.25) is 9.59 Å². The van der Waals surface area contributed by atoms with E-state index in [-0.39, 0.29) is 17.9 Å². The van der Waals surface area contributed by atoms with Gasteiger partial charge in [0.05, 0.1) is 20.1 Å². The van der Waals surface area contributed by atoms with Crippen molar-refractivity contribution in [1.29, 1.82) is 0 Å². The Morgan fingerprint density at radius 2 is 1.50 bits per heavy atom. The fraction of sp³-hybridized carbons (Fsp3) is 0.294. The summed E-state index contributed by atoms with van der Waals surface area (Å²) < 4.78 is 9.70. The van der Waals surface area contributed by atoms with Gasteiger partial charge in [0.25, 0.3) is 0 Å². The van der Waals surface area contributed by atoms with Gasteiger partial charge in [-0.2, -0.15) is 0 Å². The molecule has 0 radical (unpaired) electrons. The molecule has 0 N–H and O–H groups in total. The van der Waals surface area contributed by atoms with E-state index in [1.54, 1.807) is 6.92 Å². The number of carbonyl (C=O) groups excluding carboxylic acids is 2. The lowest BCUT2D eigenvalue weighted by Crippen LogP contribution is -2.14. The first kappa shape index (κ1) is 16.2. The highest BCUT2D eigenvalue weighted by molar-refractivity contribution is 7.12. The van der Waals surface area contributed by atoms with Gasteiger partial charge in [0, 0.05) is 9.75 Å². The molecule has 0 fully saturated rings. The second-order valence-corrected chi connectivity index (χ2v) is 6.00. The van der Waals surface area contributed by atoms with Crippen LogP contribution >= 0.6 is 11.3 Å². The fourth-order valence-electron chi connectivity index (χ4n) is 2.23. The Labute approximate surface area is 133 Å². The second kappa shape index (κ2) is 7.22. The van der Waals surface area contributed by atoms with Crippen LogP contribution in [0.3, 0.4) is 0 Å². The zero-order valence-electron chi connectivity index (χ0n) is 12.7. The fourth-order valence-corrected chi connectivity index (χ4v) is 3.40. The zero-order valence-corrected chi connectivity index (χ0v) is 13.6. The first-order valence-electron chi connectivity index (χ1n) is 6.88. The lowest BCUT2D eigenvalue weighted by atomic mass is 9.97. The van der Waals surface area contributed by atoms with Crippen molar-refractivity contribution in [2.75, 3.05) is 14.2 Å². The average Bonchev–Trinajstić information content (AvgIpc) is 3.03. The molecule has 0 amide bonds. The molecule has 1 aromatic carbocycles. The molecule has 0 aliphatic carbocycles. The maximum absolute atomic E-state index is 12.2. The number of hydrogen-bond donors (Lipinski definition) is 0. The third-order valence-corrected chi connectivity index (χ3v) is 4.82. The van der Waals surface area contributed by atoms with Crippen LogP contribution in [-0.2, 0) is 19.1 Å². The van der Waals surface area contributed by atoms with Crippen molar-refractivity contribution in [2.24, 2.45) is 0 Å². The smallest absolute Gasteiger partial charge is 0.318 e. The van der Waals surface area contributed by atoms with Gasteiger partial charge in [0.2, 0.25) is 0 Å². The Kier molecular flexibility index (Phi) is 5.33. The molecule has 0 saturated carbocycles. The summed E-state index contributed by atoms with van der Waals surface area (Å²) in [6.45, 7) is 1.79. The Hall–Kier alpha value is -2.14. The summed E-state index contributed by atoms with van der Waals surface area (Å²) in [4.78, 5) is 25.5. The van der Waals surface area contributed by atoms with Gasteiger partial charge in [-0.15, -0.1) is 11.3 Å². The monoisotopic (exact) mass is 318 g/mol. The molecule has 2 aromatic rings. The number of esters is 2. The van der Waals surface area contributed by atoms with Crippen molar-refractivity contribution in [3.63, 3.8) is 0 Å². The van der Waals surface area contributed by atoms with Crippen molar-refractivity contribution in [1.82, 2.24) is 0 Å². The van der Waals surface area contributed by atoms with E-state index in [0.717, 1.165) is 15.3 Å². The molecule has 2 rings (SSSR count). The molecule has 22 heavy (non-hydrogen) atoms. The first-order chi connectivity index (χ1) is 10.6. The van der Waals surface area contributed by atoms with Crippen molar-refractivity contribution in [3.8, 4) is 0 Å².